The lowest BCUT2D eigenvalue weighted by atomic mass is 9.92. The number of rotatable bonds is 4. The van der Waals surface area contributed by atoms with E-state index in [1.807, 2.05) is 0 Å². The van der Waals surface area contributed by atoms with E-state index in [9.17, 15) is 23.8 Å². The molecule has 4 rings (SSSR count). The number of aromatic nitrogens is 2. The van der Waals surface area contributed by atoms with E-state index in [1.165, 1.54) is 6.07 Å². The van der Waals surface area contributed by atoms with Gasteiger partial charge in [-0.3, -0.25) is 4.90 Å². The van der Waals surface area contributed by atoms with Crippen molar-refractivity contribution >= 4 is 6.09 Å². The van der Waals surface area contributed by atoms with Gasteiger partial charge in [-0.2, -0.15) is 0 Å². The molecule has 1 fully saturated rings. The fourth-order valence-corrected chi connectivity index (χ4v) is 3.99. The van der Waals surface area contributed by atoms with Crippen LogP contribution in [-0.2, 0) is 6.54 Å². The molecule has 2 aliphatic rings. The van der Waals surface area contributed by atoms with Crippen molar-refractivity contribution in [3.05, 3.63) is 53.6 Å². The predicted molar refractivity (Wildman–Crippen MR) is 91.9 cm³/mol. The summed E-state index contributed by atoms with van der Waals surface area (Å²) >= 11 is 0. The average molecular weight is 377 g/mol. The fourth-order valence-electron chi connectivity index (χ4n) is 3.99. The van der Waals surface area contributed by atoms with Gasteiger partial charge < -0.3 is 14.8 Å². The number of halogens is 2. The van der Waals surface area contributed by atoms with Crippen LogP contribution in [0.5, 0.6) is 0 Å². The van der Waals surface area contributed by atoms with E-state index in [1.54, 1.807) is 23.0 Å². The van der Waals surface area contributed by atoms with Crippen LogP contribution in [0.4, 0.5) is 13.6 Å². The zero-order chi connectivity index (χ0) is 19.1. The molecule has 1 saturated carbocycles. The molecule has 1 aliphatic heterocycles. The number of fused-ring (bicyclic) bond motifs is 1. The Bertz CT molecular complexity index is 852. The Labute approximate surface area is 155 Å². The first kappa shape index (κ1) is 17.9. The standard InChI is InChI=1S/C19H21F2N3O3/c20-14-3-1-2-13(16(14)21)12-6-7-15(17-22-8-9-23(17)10-12)24(19(26)27)18(25)11-4-5-11/h1-3,8-9,11-12,15,18,25H,4-7,10H2,(H,26,27). The maximum absolute atomic E-state index is 14.3. The highest BCUT2D eigenvalue weighted by atomic mass is 19.2. The van der Waals surface area contributed by atoms with Crippen LogP contribution in [0.2, 0.25) is 0 Å². The molecule has 27 heavy (non-hydrogen) atoms. The summed E-state index contributed by atoms with van der Waals surface area (Å²) in [4.78, 5) is 17.3. The molecule has 2 aromatic rings. The first-order chi connectivity index (χ1) is 13.0. The zero-order valence-electron chi connectivity index (χ0n) is 14.6. The van der Waals surface area contributed by atoms with Gasteiger partial charge in [0.2, 0.25) is 0 Å². The number of hydrogen-bond donors (Lipinski definition) is 2. The van der Waals surface area contributed by atoms with Gasteiger partial charge in [0.15, 0.2) is 11.6 Å². The number of hydrogen-bond acceptors (Lipinski definition) is 3. The van der Waals surface area contributed by atoms with Crippen molar-refractivity contribution in [2.45, 2.75) is 50.4 Å². The van der Waals surface area contributed by atoms with E-state index >= 15 is 0 Å². The van der Waals surface area contributed by atoms with Gasteiger partial charge in [-0.1, -0.05) is 12.1 Å². The summed E-state index contributed by atoms with van der Waals surface area (Å²) in [5.74, 6) is -1.60. The molecule has 3 atom stereocenters. The van der Waals surface area contributed by atoms with Gasteiger partial charge in [-0.25, -0.2) is 18.6 Å². The van der Waals surface area contributed by atoms with E-state index < -0.39 is 30.0 Å². The molecule has 0 saturated heterocycles. The van der Waals surface area contributed by atoms with Crippen molar-refractivity contribution in [1.82, 2.24) is 14.5 Å². The molecule has 2 N–H and O–H groups in total. The Morgan fingerprint density at radius 1 is 1.26 bits per heavy atom. The molecule has 0 bridgehead atoms. The second kappa shape index (κ2) is 6.92. The second-order valence-corrected chi connectivity index (χ2v) is 7.31. The number of nitrogens with zero attached hydrogens (tertiary/aromatic N) is 3. The Morgan fingerprint density at radius 3 is 2.74 bits per heavy atom. The lowest BCUT2D eigenvalue weighted by molar-refractivity contribution is -0.0303. The molecule has 0 spiro atoms. The summed E-state index contributed by atoms with van der Waals surface area (Å²) in [6, 6.07) is 3.49. The van der Waals surface area contributed by atoms with Crippen LogP contribution < -0.4 is 0 Å². The number of amides is 1. The molecule has 3 unspecified atom stereocenters. The molecular weight excluding hydrogens is 356 g/mol. The quantitative estimate of drug-likeness (QED) is 0.800. The van der Waals surface area contributed by atoms with Crippen LogP contribution in [0, 0.1) is 17.6 Å². The normalized spacial score (nSPS) is 23.4. The number of carboxylic acid groups (broad SMARTS) is 1. The summed E-state index contributed by atoms with van der Waals surface area (Å²) in [7, 11) is 0. The third-order valence-corrected chi connectivity index (χ3v) is 5.56. The van der Waals surface area contributed by atoms with Crippen LogP contribution in [0.1, 0.15) is 49.0 Å². The highest BCUT2D eigenvalue weighted by Crippen LogP contribution is 2.41. The summed E-state index contributed by atoms with van der Waals surface area (Å²) in [5.41, 5.74) is 0.278. The highest BCUT2D eigenvalue weighted by Gasteiger charge is 2.42. The predicted octanol–water partition coefficient (Wildman–Crippen LogP) is 3.49. The summed E-state index contributed by atoms with van der Waals surface area (Å²) < 4.78 is 29.8. The zero-order valence-corrected chi connectivity index (χ0v) is 14.6. The number of benzene rings is 1. The molecular formula is C19H21F2N3O3. The fraction of sp³-hybridized carbons (Fsp3) is 0.474. The molecule has 6 nitrogen and oxygen atoms in total. The third-order valence-electron chi connectivity index (χ3n) is 5.56. The van der Waals surface area contributed by atoms with Crippen molar-refractivity contribution in [2.24, 2.45) is 5.92 Å². The molecule has 8 heteroatoms. The van der Waals surface area contributed by atoms with Gasteiger partial charge in [0.25, 0.3) is 0 Å². The topological polar surface area (TPSA) is 78.6 Å². The van der Waals surface area contributed by atoms with E-state index in [-0.39, 0.29) is 17.4 Å². The Kier molecular flexibility index (Phi) is 4.59. The van der Waals surface area contributed by atoms with Gasteiger partial charge in [0, 0.05) is 30.8 Å². The highest BCUT2D eigenvalue weighted by molar-refractivity contribution is 5.66. The van der Waals surface area contributed by atoms with E-state index in [2.05, 4.69) is 4.98 Å². The summed E-state index contributed by atoms with van der Waals surface area (Å²) in [6.07, 6.45) is 3.40. The van der Waals surface area contributed by atoms with Crippen LogP contribution in [0.3, 0.4) is 0 Å². The van der Waals surface area contributed by atoms with E-state index in [0.717, 1.165) is 23.8 Å². The Hall–Kier alpha value is -2.48. The van der Waals surface area contributed by atoms with Crippen molar-refractivity contribution in [2.75, 3.05) is 0 Å². The summed E-state index contributed by atoms with van der Waals surface area (Å²) in [6.45, 7) is 0.374. The van der Waals surface area contributed by atoms with Gasteiger partial charge in [-0.15, -0.1) is 0 Å². The van der Waals surface area contributed by atoms with E-state index in [0.29, 0.717) is 25.2 Å². The minimum absolute atomic E-state index is 0.0516. The minimum Gasteiger partial charge on any atom is -0.465 e. The molecule has 1 aromatic heterocycles. The van der Waals surface area contributed by atoms with Gasteiger partial charge >= 0.3 is 6.09 Å². The van der Waals surface area contributed by atoms with Crippen molar-refractivity contribution in [1.29, 1.82) is 0 Å². The van der Waals surface area contributed by atoms with E-state index in [4.69, 9.17) is 0 Å². The first-order valence-corrected chi connectivity index (χ1v) is 9.11. The molecule has 1 aromatic carbocycles. The van der Waals surface area contributed by atoms with Crippen molar-refractivity contribution in [3.63, 3.8) is 0 Å². The third kappa shape index (κ3) is 3.29. The monoisotopic (exact) mass is 377 g/mol. The first-order valence-electron chi connectivity index (χ1n) is 9.11. The minimum atomic E-state index is -1.20. The van der Waals surface area contributed by atoms with Crippen molar-refractivity contribution in [3.8, 4) is 0 Å². The van der Waals surface area contributed by atoms with Crippen LogP contribution >= 0.6 is 0 Å². The lowest BCUT2D eigenvalue weighted by Gasteiger charge is -2.32. The number of aliphatic hydroxyl groups excluding tert-OH is 1. The van der Waals surface area contributed by atoms with Crippen LogP contribution in [-0.4, -0.2) is 37.0 Å². The Morgan fingerprint density at radius 2 is 2.04 bits per heavy atom. The molecule has 144 valence electrons. The molecule has 0 radical (unpaired) electrons. The van der Waals surface area contributed by atoms with Gasteiger partial charge in [-0.05, 0) is 37.3 Å². The Balaban J connectivity index is 1.67. The smallest absolute Gasteiger partial charge is 0.410 e. The average Bonchev–Trinajstić information content (AvgIpc) is 3.41. The van der Waals surface area contributed by atoms with Crippen molar-refractivity contribution < 1.29 is 23.8 Å². The SMILES string of the molecule is O=C(O)N(C1CCC(c2cccc(F)c2F)Cn2ccnc21)C(O)C1CC1. The number of aliphatic hydroxyl groups is 1. The maximum Gasteiger partial charge on any atom is 0.410 e. The lowest BCUT2D eigenvalue weighted by Crippen LogP contribution is -2.44. The molecule has 1 amide bonds. The molecule has 1 aliphatic carbocycles. The number of carbonyl (C=O) groups is 1. The maximum atomic E-state index is 14.3. The van der Waals surface area contributed by atoms with Gasteiger partial charge in [0.05, 0.1) is 6.04 Å². The van der Waals surface area contributed by atoms with Gasteiger partial charge in [0.1, 0.15) is 12.1 Å². The molecule has 2 heterocycles. The summed E-state index contributed by atoms with van der Waals surface area (Å²) in [5, 5.41) is 20.2. The second-order valence-electron chi connectivity index (χ2n) is 7.31. The van der Waals surface area contributed by atoms with Crippen LogP contribution in [0.15, 0.2) is 30.6 Å². The number of imidazole rings is 1. The van der Waals surface area contributed by atoms with Crippen LogP contribution in [0.25, 0.3) is 0 Å². The largest absolute Gasteiger partial charge is 0.465 e.